The van der Waals surface area contributed by atoms with E-state index in [-0.39, 0.29) is 0 Å². The maximum Gasteiger partial charge on any atom is 0.145 e. The van der Waals surface area contributed by atoms with E-state index in [1.165, 1.54) is 0 Å². The SMILES string of the molecule is N#Cc1cncc(C2=CN(c3ncnc4[nH]ccc34)CCS2)c1. The van der Waals surface area contributed by atoms with Gasteiger partial charge >= 0.3 is 0 Å². The van der Waals surface area contributed by atoms with E-state index < -0.39 is 0 Å². The second-order valence-corrected chi connectivity index (χ2v) is 6.18. The minimum Gasteiger partial charge on any atom is -0.346 e. The van der Waals surface area contributed by atoms with Gasteiger partial charge in [0.15, 0.2) is 0 Å². The van der Waals surface area contributed by atoms with Crippen LogP contribution in [0, 0.1) is 11.3 Å². The summed E-state index contributed by atoms with van der Waals surface area (Å²) in [6.07, 6.45) is 8.87. The van der Waals surface area contributed by atoms with Crippen molar-refractivity contribution in [2.75, 3.05) is 17.2 Å². The molecular formula is C16H12N6S. The average molecular weight is 320 g/mol. The van der Waals surface area contributed by atoms with Crippen LogP contribution in [-0.2, 0) is 0 Å². The summed E-state index contributed by atoms with van der Waals surface area (Å²) in [6, 6.07) is 5.98. The fourth-order valence-electron chi connectivity index (χ4n) is 2.55. The number of nitrogens with zero attached hydrogens (tertiary/aromatic N) is 5. The highest BCUT2D eigenvalue weighted by Crippen LogP contribution is 2.34. The van der Waals surface area contributed by atoms with Crippen LogP contribution in [0.3, 0.4) is 0 Å². The molecule has 23 heavy (non-hydrogen) atoms. The van der Waals surface area contributed by atoms with E-state index in [1.54, 1.807) is 30.5 Å². The number of hydrogen-bond acceptors (Lipinski definition) is 6. The van der Waals surface area contributed by atoms with E-state index in [0.717, 1.165) is 39.6 Å². The molecule has 0 saturated carbocycles. The molecule has 0 unspecified atom stereocenters. The Morgan fingerprint density at radius 3 is 3.17 bits per heavy atom. The van der Waals surface area contributed by atoms with E-state index in [9.17, 15) is 0 Å². The maximum atomic E-state index is 9.04. The highest BCUT2D eigenvalue weighted by atomic mass is 32.2. The third-order valence-corrected chi connectivity index (χ3v) is 4.66. The smallest absolute Gasteiger partial charge is 0.145 e. The first-order valence-electron chi connectivity index (χ1n) is 7.10. The van der Waals surface area contributed by atoms with Crippen molar-refractivity contribution in [1.82, 2.24) is 19.9 Å². The Morgan fingerprint density at radius 2 is 2.26 bits per heavy atom. The monoisotopic (exact) mass is 320 g/mol. The number of fused-ring (bicyclic) bond motifs is 1. The second-order valence-electron chi connectivity index (χ2n) is 5.05. The minimum absolute atomic E-state index is 0.566. The van der Waals surface area contributed by atoms with Gasteiger partial charge in [-0.25, -0.2) is 9.97 Å². The molecular weight excluding hydrogens is 308 g/mol. The number of pyridine rings is 1. The molecule has 1 aliphatic heterocycles. The van der Waals surface area contributed by atoms with Gasteiger partial charge in [-0.15, -0.1) is 11.8 Å². The number of nitrogens with one attached hydrogen (secondary N) is 1. The predicted octanol–water partition coefficient (Wildman–Crippen LogP) is 2.78. The lowest BCUT2D eigenvalue weighted by Crippen LogP contribution is -2.24. The van der Waals surface area contributed by atoms with Crippen LogP contribution in [-0.4, -0.2) is 32.2 Å². The average Bonchev–Trinajstić information content (AvgIpc) is 3.10. The van der Waals surface area contributed by atoms with Crippen LogP contribution < -0.4 is 4.90 Å². The number of aromatic amines is 1. The van der Waals surface area contributed by atoms with Gasteiger partial charge in [-0.05, 0) is 12.1 Å². The minimum atomic E-state index is 0.566. The molecule has 0 bridgehead atoms. The van der Waals surface area contributed by atoms with Gasteiger partial charge in [-0.3, -0.25) is 4.98 Å². The summed E-state index contributed by atoms with van der Waals surface area (Å²) >= 11 is 1.76. The van der Waals surface area contributed by atoms with E-state index in [1.807, 2.05) is 18.3 Å². The fraction of sp³-hybridized carbons (Fsp3) is 0.125. The molecule has 6 nitrogen and oxygen atoms in total. The van der Waals surface area contributed by atoms with Gasteiger partial charge in [0.2, 0.25) is 0 Å². The second kappa shape index (κ2) is 5.74. The fourth-order valence-corrected chi connectivity index (χ4v) is 3.53. The summed E-state index contributed by atoms with van der Waals surface area (Å²) in [6.45, 7) is 0.872. The molecule has 0 radical (unpaired) electrons. The van der Waals surface area contributed by atoms with Gasteiger partial charge in [-0.2, -0.15) is 5.26 Å². The number of anilines is 1. The Bertz CT molecular complexity index is 939. The molecule has 3 aromatic heterocycles. The lowest BCUT2D eigenvalue weighted by molar-refractivity contribution is 0.988. The highest BCUT2D eigenvalue weighted by Gasteiger charge is 2.17. The van der Waals surface area contributed by atoms with Gasteiger partial charge in [0.25, 0.3) is 0 Å². The van der Waals surface area contributed by atoms with E-state index in [0.29, 0.717) is 5.56 Å². The molecule has 4 rings (SSSR count). The van der Waals surface area contributed by atoms with Crippen LogP contribution in [0.15, 0.2) is 43.3 Å². The van der Waals surface area contributed by atoms with Crippen molar-refractivity contribution in [3.05, 3.63) is 54.4 Å². The van der Waals surface area contributed by atoms with Crippen LogP contribution in [0.1, 0.15) is 11.1 Å². The number of nitriles is 1. The van der Waals surface area contributed by atoms with E-state index in [2.05, 4.69) is 37.1 Å². The Hall–Kier alpha value is -2.85. The van der Waals surface area contributed by atoms with Crippen molar-refractivity contribution in [3.8, 4) is 6.07 Å². The third-order valence-electron chi connectivity index (χ3n) is 3.62. The van der Waals surface area contributed by atoms with Gasteiger partial charge < -0.3 is 9.88 Å². The molecule has 0 saturated heterocycles. The predicted molar refractivity (Wildman–Crippen MR) is 90.6 cm³/mol. The van der Waals surface area contributed by atoms with Gasteiger partial charge in [0, 0.05) is 47.6 Å². The Balaban J connectivity index is 1.76. The summed E-state index contributed by atoms with van der Waals surface area (Å²) in [4.78, 5) is 19.1. The molecule has 3 aromatic rings. The van der Waals surface area contributed by atoms with Crippen molar-refractivity contribution in [3.63, 3.8) is 0 Å². The Labute approximate surface area is 136 Å². The van der Waals surface area contributed by atoms with E-state index >= 15 is 0 Å². The molecule has 7 heteroatoms. The molecule has 0 spiro atoms. The lowest BCUT2D eigenvalue weighted by Gasteiger charge is -2.26. The van der Waals surface area contributed by atoms with Crippen molar-refractivity contribution in [2.24, 2.45) is 0 Å². The maximum absolute atomic E-state index is 9.04. The van der Waals surface area contributed by atoms with Crippen LogP contribution in [0.4, 0.5) is 5.82 Å². The van der Waals surface area contributed by atoms with Crippen LogP contribution >= 0.6 is 11.8 Å². The number of aromatic nitrogens is 4. The van der Waals surface area contributed by atoms with Crippen molar-refractivity contribution >= 4 is 33.5 Å². The zero-order valence-corrected chi connectivity index (χ0v) is 12.9. The first-order chi connectivity index (χ1) is 11.3. The molecule has 0 atom stereocenters. The molecule has 0 amide bonds. The molecule has 112 valence electrons. The van der Waals surface area contributed by atoms with E-state index in [4.69, 9.17) is 5.26 Å². The van der Waals surface area contributed by atoms with Gasteiger partial charge in [0.05, 0.1) is 10.9 Å². The first-order valence-corrected chi connectivity index (χ1v) is 8.08. The molecule has 0 fully saturated rings. The van der Waals surface area contributed by atoms with Crippen LogP contribution in [0.2, 0.25) is 0 Å². The number of hydrogen-bond donors (Lipinski definition) is 1. The molecule has 4 heterocycles. The van der Waals surface area contributed by atoms with Crippen LogP contribution in [0.25, 0.3) is 15.9 Å². The largest absolute Gasteiger partial charge is 0.346 e. The van der Waals surface area contributed by atoms with Gasteiger partial charge in [0.1, 0.15) is 23.9 Å². The molecule has 0 aliphatic carbocycles. The third kappa shape index (κ3) is 2.53. The van der Waals surface area contributed by atoms with Crippen molar-refractivity contribution in [1.29, 1.82) is 5.26 Å². The molecule has 1 aliphatic rings. The lowest BCUT2D eigenvalue weighted by atomic mass is 10.2. The van der Waals surface area contributed by atoms with Crippen LogP contribution in [0.5, 0.6) is 0 Å². The first kappa shape index (κ1) is 13.8. The highest BCUT2D eigenvalue weighted by molar-refractivity contribution is 8.08. The normalized spacial score (nSPS) is 14.6. The van der Waals surface area contributed by atoms with Crippen molar-refractivity contribution in [2.45, 2.75) is 0 Å². The number of thioether (sulfide) groups is 1. The topological polar surface area (TPSA) is 81.5 Å². The zero-order valence-electron chi connectivity index (χ0n) is 12.1. The quantitative estimate of drug-likeness (QED) is 0.782. The Morgan fingerprint density at radius 1 is 1.30 bits per heavy atom. The molecule has 1 N–H and O–H groups in total. The summed E-state index contributed by atoms with van der Waals surface area (Å²) in [5.41, 5.74) is 2.35. The standard InChI is InChI=1S/C16H12N6S/c17-6-11-5-12(8-18-7-11)14-9-22(3-4-23-14)16-13-1-2-19-15(13)20-10-21-16/h1-2,5,7-10H,3-4H2,(H,19,20,21). The summed E-state index contributed by atoms with van der Waals surface area (Å²) in [5.74, 6) is 1.83. The number of H-pyrrole nitrogens is 1. The summed E-state index contributed by atoms with van der Waals surface area (Å²) < 4.78 is 0. The number of rotatable bonds is 2. The van der Waals surface area contributed by atoms with Gasteiger partial charge in [-0.1, -0.05) is 0 Å². The Kier molecular flexibility index (Phi) is 3.44. The summed E-state index contributed by atoms with van der Waals surface area (Å²) in [5, 5.41) is 10.0. The summed E-state index contributed by atoms with van der Waals surface area (Å²) in [7, 11) is 0. The molecule has 0 aromatic carbocycles. The zero-order chi connectivity index (χ0) is 15.6. The van der Waals surface area contributed by atoms with Crippen molar-refractivity contribution < 1.29 is 0 Å².